The molecule has 0 unspecified atom stereocenters. The number of nitriles is 1. The molecule has 30 heavy (non-hydrogen) atoms. The van der Waals surface area contributed by atoms with Crippen molar-refractivity contribution in [2.24, 2.45) is 0 Å². The van der Waals surface area contributed by atoms with E-state index in [2.05, 4.69) is 5.32 Å². The quantitative estimate of drug-likeness (QED) is 0.357. The Morgan fingerprint density at radius 1 is 1.10 bits per heavy atom. The average molecular weight is 437 g/mol. The Morgan fingerprint density at radius 2 is 1.83 bits per heavy atom. The first-order chi connectivity index (χ1) is 14.5. The van der Waals surface area contributed by atoms with Gasteiger partial charge in [0.15, 0.2) is 0 Å². The van der Waals surface area contributed by atoms with Crippen LogP contribution in [0.2, 0.25) is 10.0 Å². The number of amides is 1. The first-order valence-corrected chi connectivity index (χ1v) is 9.87. The molecular weight excluding hydrogens is 419 g/mol. The molecule has 0 saturated heterocycles. The Kier molecular flexibility index (Phi) is 7.13. The van der Waals surface area contributed by atoms with Gasteiger partial charge < -0.3 is 10.1 Å². The van der Waals surface area contributed by atoms with Gasteiger partial charge in [0.05, 0.1) is 0 Å². The number of nitrogens with one attached hydrogen (secondary N) is 1. The molecule has 3 rings (SSSR count). The summed E-state index contributed by atoms with van der Waals surface area (Å²) >= 11 is 12.1. The number of benzene rings is 3. The van der Waals surface area contributed by atoms with Crippen molar-refractivity contribution in [3.05, 3.63) is 99.0 Å². The van der Waals surface area contributed by atoms with E-state index in [0.717, 1.165) is 11.1 Å². The monoisotopic (exact) mass is 436 g/mol. The zero-order valence-corrected chi connectivity index (χ0v) is 17.7. The third-order valence-corrected chi connectivity index (χ3v) is 4.95. The van der Waals surface area contributed by atoms with Gasteiger partial charge in [0.1, 0.15) is 24.0 Å². The van der Waals surface area contributed by atoms with Crippen LogP contribution < -0.4 is 10.1 Å². The maximum atomic E-state index is 12.5. The molecule has 0 atom stereocenters. The predicted octanol–water partition coefficient (Wildman–Crippen LogP) is 6.43. The lowest BCUT2D eigenvalue weighted by atomic mass is 10.1. The minimum atomic E-state index is -0.484. The largest absolute Gasteiger partial charge is 0.489 e. The lowest BCUT2D eigenvalue weighted by Gasteiger charge is -2.09. The highest BCUT2D eigenvalue weighted by Gasteiger charge is 2.11. The van der Waals surface area contributed by atoms with Crippen LogP contribution >= 0.6 is 23.2 Å². The summed E-state index contributed by atoms with van der Waals surface area (Å²) in [5.41, 5.74) is 3.01. The molecule has 0 aromatic heterocycles. The number of hydrogen-bond donors (Lipinski definition) is 1. The molecule has 6 heteroatoms. The van der Waals surface area contributed by atoms with Crippen molar-refractivity contribution in [2.45, 2.75) is 13.5 Å². The standard InChI is InChI=1S/C24H18Cl2N2O2/c1-16-12-20(25)8-11-23(16)28-24(29)19(14-27)13-17-6-9-21(10-7-17)30-15-18-4-2-3-5-22(18)26/h2-13H,15H2,1H3,(H,28,29)/b19-13+. The average Bonchev–Trinajstić information content (AvgIpc) is 2.74. The topological polar surface area (TPSA) is 62.1 Å². The van der Waals surface area contributed by atoms with Crippen molar-refractivity contribution in [3.8, 4) is 11.8 Å². The second-order valence-electron chi connectivity index (χ2n) is 6.53. The van der Waals surface area contributed by atoms with Gasteiger partial charge in [-0.25, -0.2) is 0 Å². The first kappa shape index (κ1) is 21.4. The van der Waals surface area contributed by atoms with E-state index in [1.165, 1.54) is 6.08 Å². The van der Waals surface area contributed by atoms with Crippen LogP contribution in [0.5, 0.6) is 5.75 Å². The smallest absolute Gasteiger partial charge is 0.266 e. The molecule has 0 bridgehead atoms. The minimum absolute atomic E-state index is 0.00548. The number of carbonyl (C=O) groups is 1. The molecular formula is C24H18Cl2N2O2. The molecule has 3 aromatic rings. The Bertz CT molecular complexity index is 1130. The zero-order valence-electron chi connectivity index (χ0n) is 16.2. The van der Waals surface area contributed by atoms with E-state index in [-0.39, 0.29) is 5.57 Å². The summed E-state index contributed by atoms with van der Waals surface area (Å²) in [7, 11) is 0. The van der Waals surface area contributed by atoms with E-state index in [4.69, 9.17) is 27.9 Å². The maximum Gasteiger partial charge on any atom is 0.266 e. The molecule has 3 aromatic carbocycles. The summed E-state index contributed by atoms with van der Waals surface area (Å²) in [6.07, 6.45) is 1.53. The van der Waals surface area contributed by atoms with E-state index in [1.54, 1.807) is 42.5 Å². The van der Waals surface area contributed by atoms with Crippen molar-refractivity contribution in [1.82, 2.24) is 0 Å². The van der Waals surface area contributed by atoms with Gasteiger partial charge in [0, 0.05) is 21.3 Å². The second kappa shape index (κ2) is 9.98. The van der Waals surface area contributed by atoms with E-state index in [9.17, 15) is 10.1 Å². The Balaban J connectivity index is 1.67. The number of rotatable bonds is 6. The lowest BCUT2D eigenvalue weighted by Crippen LogP contribution is -2.14. The molecule has 0 spiro atoms. The van der Waals surface area contributed by atoms with Crippen LogP contribution in [0.3, 0.4) is 0 Å². The van der Waals surface area contributed by atoms with Crippen molar-refractivity contribution in [1.29, 1.82) is 5.26 Å². The number of nitrogens with zero attached hydrogens (tertiary/aromatic N) is 1. The van der Waals surface area contributed by atoms with Crippen molar-refractivity contribution < 1.29 is 9.53 Å². The fourth-order valence-electron chi connectivity index (χ4n) is 2.71. The number of hydrogen-bond acceptors (Lipinski definition) is 3. The number of anilines is 1. The van der Waals surface area contributed by atoms with Crippen LogP contribution in [0.15, 0.2) is 72.3 Å². The fraction of sp³-hybridized carbons (Fsp3) is 0.0833. The highest BCUT2D eigenvalue weighted by Crippen LogP contribution is 2.22. The van der Waals surface area contributed by atoms with Gasteiger partial charge in [-0.05, 0) is 60.5 Å². The minimum Gasteiger partial charge on any atom is -0.489 e. The molecule has 0 saturated carbocycles. The van der Waals surface area contributed by atoms with Gasteiger partial charge in [0.2, 0.25) is 0 Å². The zero-order chi connectivity index (χ0) is 21.5. The van der Waals surface area contributed by atoms with Crippen LogP contribution in [0.25, 0.3) is 6.08 Å². The molecule has 0 aliphatic heterocycles. The van der Waals surface area contributed by atoms with Crippen molar-refractivity contribution >= 4 is 40.9 Å². The van der Waals surface area contributed by atoms with Gasteiger partial charge in [-0.1, -0.05) is 53.5 Å². The highest BCUT2D eigenvalue weighted by atomic mass is 35.5. The molecule has 0 aliphatic rings. The fourth-order valence-corrected chi connectivity index (χ4v) is 3.13. The van der Waals surface area contributed by atoms with E-state index in [0.29, 0.717) is 33.7 Å². The second-order valence-corrected chi connectivity index (χ2v) is 7.38. The van der Waals surface area contributed by atoms with Gasteiger partial charge in [-0.3, -0.25) is 4.79 Å². The summed E-state index contributed by atoms with van der Waals surface area (Å²) in [6.45, 7) is 2.18. The summed E-state index contributed by atoms with van der Waals surface area (Å²) in [5.74, 6) is 0.175. The molecule has 0 radical (unpaired) electrons. The lowest BCUT2D eigenvalue weighted by molar-refractivity contribution is -0.112. The molecule has 150 valence electrons. The number of carbonyl (C=O) groups excluding carboxylic acids is 1. The Morgan fingerprint density at radius 3 is 2.50 bits per heavy atom. The highest BCUT2D eigenvalue weighted by molar-refractivity contribution is 6.31. The first-order valence-electron chi connectivity index (χ1n) is 9.12. The van der Waals surface area contributed by atoms with Gasteiger partial charge in [-0.2, -0.15) is 5.26 Å². The maximum absolute atomic E-state index is 12.5. The van der Waals surface area contributed by atoms with Crippen LogP contribution in [0, 0.1) is 18.3 Å². The van der Waals surface area contributed by atoms with Crippen molar-refractivity contribution in [2.75, 3.05) is 5.32 Å². The molecule has 0 fully saturated rings. The SMILES string of the molecule is Cc1cc(Cl)ccc1NC(=O)/C(C#N)=C/c1ccc(OCc2ccccc2Cl)cc1. The Labute approximate surface area is 185 Å². The normalized spacial score (nSPS) is 10.9. The van der Waals surface area contributed by atoms with E-state index in [1.807, 2.05) is 37.3 Å². The predicted molar refractivity (Wildman–Crippen MR) is 121 cm³/mol. The molecule has 4 nitrogen and oxygen atoms in total. The third-order valence-electron chi connectivity index (χ3n) is 4.35. The number of halogens is 2. The summed E-state index contributed by atoms with van der Waals surface area (Å²) in [6, 6.07) is 21.7. The van der Waals surface area contributed by atoms with E-state index >= 15 is 0 Å². The molecule has 1 N–H and O–H groups in total. The van der Waals surface area contributed by atoms with Gasteiger partial charge in [0.25, 0.3) is 5.91 Å². The van der Waals surface area contributed by atoms with Crippen LogP contribution in [0.4, 0.5) is 5.69 Å². The molecule has 1 amide bonds. The number of aryl methyl sites for hydroxylation is 1. The van der Waals surface area contributed by atoms with Gasteiger partial charge >= 0.3 is 0 Å². The van der Waals surface area contributed by atoms with Crippen LogP contribution in [-0.4, -0.2) is 5.91 Å². The van der Waals surface area contributed by atoms with Crippen LogP contribution in [-0.2, 0) is 11.4 Å². The third kappa shape index (κ3) is 5.64. The Hall–Kier alpha value is -3.26. The van der Waals surface area contributed by atoms with Gasteiger partial charge in [-0.15, -0.1) is 0 Å². The summed E-state index contributed by atoms with van der Waals surface area (Å²) < 4.78 is 5.75. The van der Waals surface area contributed by atoms with E-state index < -0.39 is 5.91 Å². The summed E-state index contributed by atoms with van der Waals surface area (Å²) in [5, 5.41) is 13.4. The number of ether oxygens (including phenoxy) is 1. The molecule has 0 aliphatic carbocycles. The van der Waals surface area contributed by atoms with Crippen LogP contribution in [0.1, 0.15) is 16.7 Å². The molecule has 0 heterocycles. The van der Waals surface area contributed by atoms with Crippen molar-refractivity contribution in [3.63, 3.8) is 0 Å². The summed E-state index contributed by atoms with van der Waals surface area (Å²) in [4.78, 5) is 12.5.